The molecular weight excluding hydrogens is 188 g/mol. The Morgan fingerprint density at radius 2 is 2.00 bits per heavy atom. The summed E-state index contributed by atoms with van der Waals surface area (Å²) in [5.74, 6) is 0.721. The summed E-state index contributed by atoms with van der Waals surface area (Å²) in [5.41, 5.74) is 7.66. The van der Waals surface area contributed by atoms with Crippen molar-refractivity contribution in [3.05, 3.63) is 48.2 Å². The highest BCUT2D eigenvalue weighted by Gasteiger charge is 2.00. The van der Waals surface area contributed by atoms with E-state index in [1.807, 2.05) is 36.4 Å². The van der Waals surface area contributed by atoms with Crippen molar-refractivity contribution < 1.29 is 0 Å². The highest BCUT2D eigenvalue weighted by molar-refractivity contribution is 5.59. The molecule has 0 bridgehead atoms. The van der Waals surface area contributed by atoms with E-state index in [0.29, 0.717) is 6.54 Å². The fourth-order valence-corrected chi connectivity index (χ4v) is 1.33. The topological polar surface area (TPSA) is 63.8 Å². The number of benzene rings is 1. The zero-order chi connectivity index (χ0) is 10.5. The maximum atomic E-state index is 5.63. The molecule has 4 nitrogen and oxygen atoms in total. The van der Waals surface area contributed by atoms with E-state index in [-0.39, 0.29) is 0 Å². The van der Waals surface area contributed by atoms with Crippen molar-refractivity contribution in [3.63, 3.8) is 0 Å². The van der Waals surface area contributed by atoms with E-state index in [4.69, 9.17) is 5.73 Å². The number of para-hydroxylation sites is 1. The molecule has 0 fully saturated rings. The molecule has 0 amide bonds. The van der Waals surface area contributed by atoms with E-state index in [0.717, 1.165) is 17.1 Å². The monoisotopic (exact) mass is 200 g/mol. The minimum atomic E-state index is 0.503. The Balaban J connectivity index is 2.24. The van der Waals surface area contributed by atoms with Gasteiger partial charge in [0, 0.05) is 18.4 Å². The number of rotatable bonds is 3. The fraction of sp³-hybridized carbons (Fsp3) is 0.0909. The molecule has 0 spiro atoms. The van der Waals surface area contributed by atoms with Gasteiger partial charge in [0.2, 0.25) is 0 Å². The van der Waals surface area contributed by atoms with Gasteiger partial charge in [-0.2, -0.15) is 5.10 Å². The molecule has 0 atom stereocenters. The molecule has 0 saturated carbocycles. The number of anilines is 2. The zero-order valence-corrected chi connectivity index (χ0v) is 8.22. The number of hydrogen-bond donors (Lipinski definition) is 2. The van der Waals surface area contributed by atoms with Gasteiger partial charge in [0.05, 0.1) is 0 Å². The van der Waals surface area contributed by atoms with Gasteiger partial charge in [0.25, 0.3) is 0 Å². The minimum Gasteiger partial charge on any atom is -0.338 e. The molecule has 0 saturated heterocycles. The molecular formula is C11H12N4. The van der Waals surface area contributed by atoms with Crippen LogP contribution in [0, 0.1) is 0 Å². The summed E-state index contributed by atoms with van der Waals surface area (Å²) < 4.78 is 0. The highest BCUT2D eigenvalue weighted by atomic mass is 15.2. The summed E-state index contributed by atoms with van der Waals surface area (Å²) in [7, 11) is 0. The fourth-order valence-electron chi connectivity index (χ4n) is 1.33. The summed E-state index contributed by atoms with van der Waals surface area (Å²) in [5, 5.41) is 10.9. The maximum Gasteiger partial charge on any atom is 0.153 e. The first-order chi connectivity index (χ1) is 7.40. The molecule has 1 aromatic carbocycles. The lowest BCUT2D eigenvalue weighted by Gasteiger charge is -2.08. The van der Waals surface area contributed by atoms with E-state index in [1.54, 1.807) is 6.20 Å². The Hall–Kier alpha value is -1.94. The third-order valence-electron chi connectivity index (χ3n) is 2.07. The molecule has 15 heavy (non-hydrogen) atoms. The second-order valence-electron chi connectivity index (χ2n) is 3.10. The highest BCUT2D eigenvalue weighted by Crippen LogP contribution is 2.17. The second kappa shape index (κ2) is 4.52. The molecule has 1 aromatic heterocycles. The lowest BCUT2D eigenvalue weighted by Crippen LogP contribution is -2.02. The first-order valence-electron chi connectivity index (χ1n) is 4.73. The van der Waals surface area contributed by atoms with Crippen LogP contribution in [-0.4, -0.2) is 10.2 Å². The van der Waals surface area contributed by atoms with Gasteiger partial charge in [0.1, 0.15) is 0 Å². The van der Waals surface area contributed by atoms with Crippen molar-refractivity contribution in [2.45, 2.75) is 6.54 Å². The van der Waals surface area contributed by atoms with Gasteiger partial charge in [-0.3, -0.25) is 0 Å². The summed E-state index contributed by atoms with van der Waals surface area (Å²) in [6, 6.07) is 11.6. The third-order valence-corrected chi connectivity index (χ3v) is 2.07. The number of nitrogens with two attached hydrogens (primary N) is 1. The van der Waals surface area contributed by atoms with Crippen LogP contribution in [0.1, 0.15) is 5.56 Å². The molecule has 2 aromatic rings. The summed E-state index contributed by atoms with van der Waals surface area (Å²) in [4.78, 5) is 0. The summed E-state index contributed by atoms with van der Waals surface area (Å²) in [6.07, 6.45) is 1.64. The van der Waals surface area contributed by atoms with Gasteiger partial charge < -0.3 is 11.1 Å². The van der Waals surface area contributed by atoms with E-state index in [1.165, 1.54) is 0 Å². The molecule has 0 aliphatic carbocycles. The Bertz CT molecular complexity index is 428. The van der Waals surface area contributed by atoms with Gasteiger partial charge in [-0.05, 0) is 23.8 Å². The van der Waals surface area contributed by atoms with Gasteiger partial charge in [0.15, 0.2) is 5.82 Å². The van der Waals surface area contributed by atoms with E-state index < -0.39 is 0 Å². The van der Waals surface area contributed by atoms with Crippen LogP contribution in [0.5, 0.6) is 0 Å². The average Bonchev–Trinajstić information content (AvgIpc) is 2.31. The van der Waals surface area contributed by atoms with Crippen LogP contribution in [0.15, 0.2) is 42.6 Å². The number of hydrogen-bond acceptors (Lipinski definition) is 4. The van der Waals surface area contributed by atoms with Crippen molar-refractivity contribution in [3.8, 4) is 0 Å². The lowest BCUT2D eigenvalue weighted by atomic mass is 10.2. The summed E-state index contributed by atoms with van der Waals surface area (Å²) in [6.45, 7) is 0.503. The zero-order valence-electron chi connectivity index (χ0n) is 8.22. The van der Waals surface area contributed by atoms with Crippen LogP contribution < -0.4 is 11.1 Å². The van der Waals surface area contributed by atoms with Crippen LogP contribution in [0.4, 0.5) is 11.5 Å². The number of aromatic nitrogens is 2. The molecule has 4 heteroatoms. The van der Waals surface area contributed by atoms with Crippen LogP contribution in [0.2, 0.25) is 0 Å². The first kappa shape index (κ1) is 9.61. The predicted molar refractivity (Wildman–Crippen MR) is 59.6 cm³/mol. The van der Waals surface area contributed by atoms with Crippen molar-refractivity contribution in [1.29, 1.82) is 0 Å². The van der Waals surface area contributed by atoms with E-state index in [2.05, 4.69) is 15.5 Å². The smallest absolute Gasteiger partial charge is 0.153 e. The molecule has 76 valence electrons. The molecule has 0 aliphatic heterocycles. The SMILES string of the molecule is NCc1ccccc1Nc1cccnn1. The van der Waals surface area contributed by atoms with Gasteiger partial charge >= 0.3 is 0 Å². The molecule has 0 unspecified atom stereocenters. The van der Waals surface area contributed by atoms with Crippen molar-refractivity contribution in [2.75, 3.05) is 5.32 Å². The van der Waals surface area contributed by atoms with Crippen LogP contribution in [0.25, 0.3) is 0 Å². The molecule has 1 heterocycles. The van der Waals surface area contributed by atoms with Crippen LogP contribution in [-0.2, 0) is 6.54 Å². The Morgan fingerprint density at radius 3 is 2.73 bits per heavy atom. The normalized spacial score (nSPS) is 9.93. The van der Waals surface area contributed by atoms with Gasteiger partial charge in [-0.15, -0.1) is 5.10 Å². The largest absolute Gasteiger partial charge is 0.338 e. The van der Waals surface area contributed by atoms with Gasteiger partial charge in [-0.1, -0.05) is 18.2 Å². The second-order valence-corrected chi connectivity index (χ2v) is 3.10. The van der Waals surface area contributed by atoms with Crippen molar-refractivity contribution in [1.82, 2.24) is 10.2 Å². The molecule has 2 rings (SSSR count). The predicted octanol–water partition coefficient (Wildman–Crippen LogP) is 1.68. The lowest BCUT2D eigenvalue weighted by molar-refractivity contribution is 1.03. The standard InChI is InChI=1S/C11H12N4/c12-8-9-4-1-2-5-10(9)14-11-6-3-7-13-15-11/h1-7H,8,12H2,(H,14,15). The average molecular weight is 200 g/mol. The van der Waals surface area contributed by atoms with E-state index in [9.17, 15) is 0 Å². The number of nitrogens with one attached hydrogen (secondary N) is 1. The molecule has 3 N–H and O–H groups in total. The van der Waals surface area contributed by atoms with Gasteiger partial charge in [-0.25, -0.2) is 0 Å². The molecule has 0 aliphatic rings. The van der Waals surface area contributed by atoms with Crippen LogP contribution >= 0.6 is 0 Å². The Kier molecular flexibility index (Phi) is 2.90. The third kappa shape index (κ3) is 2.30. The summed E-state index contributed by atoms with van der Waals surface area (Å²) >= 11 is 0. The van der Waals surface area contributed by atoms with Crippen molar-refractivity contribution >= 4 is 11.5 Å². The van der Waals surface area contributed by atoms with Crippen molar-refractivity contribution in [2.24, 2.45) is 5.73 Å². The Morgan fingerprint density at radius 1 is 1.13 bits per heavy atom. The molecule has 0 radical (unpaired) electrons. The first-order valence-corrected chi connectivity index (χ1v) is 4.73. The van der Waals surface area contributed by atoms with Crippen LogP contribution in [0.3, 0.4) is 0 Å². The van der Waals surface area contributed by atoms with E-state index >= 15 is 0 Å². The maximum absolute atomic E-state index is 5.63. The Labute approximate surface area is 88.2 Å². The quantitative estimate of drug-likeness (QED) is 0.791. The number of nitrogens with zero attached hydrogens (tertiary/aromatic N) is 2. The minimum absolute atomic E-state index is 0.503.